The fraction of sp³-hybridized carbons (Fsp3) is 0.421. The molecule has 0 aliphatic carbocycles. The zero-order valence-electron chi connectivity index (χ0n) is 15.6. The molecule has 1 N–H and O–H groups in total. The Kier molecular flexibility index (Phi) is 4.97. The number of hydrogen-bond donors (Lipinski definition) is 1. The third kappa shape index (κ3) is 3.16. The number of aromatic nitrogens is 2. The maximum Gasteiger partial charge on any atom is 0.230 e. The summed E-state index contributed by atoms with van der Waals surface area (Å²) in [4.78, 5) is 26.8. The molecule has 1 unspecified atom stereocenters. The minimum atomic E-state index is -0.410. The van der Waals surface area contributed by atoms with Gasteiger partial charge in [0.1, 0.15) is 11.6 Å². The molecule has 2 aromatic rings. The van der Waals surface area contributed by atoms with Crippen LogP contribution in [0.3, 0.4) is 0 Å². The zero-order valence-corrected chi connectivity index (χ0v) is 15.6. The molecule has 2 heterocycles. The summed E-state index contributed by atoms with van der Waals surface area (Å²) in [5.74, 6) is 0.661. The van der Waals surface area contributed by atoms with Crippen molar-refractivity contribution in [2.45, 2.75) is 26.7 Å². The molecular weight excluding hydrogens is 332 g/mol. The van der Waals surface area contributed by atoms with Gasteiger partial charge in [-0.05, 0) is 25.5 Å². The van der Waals surface area contributed by atoms with E-state index >= 15 is 0 Å². The van der Waals surface area contributed by atoms with Crippen molar-refractivity contribution >= 4 is 23.3 Å². The molecule has 138 valence electrons. The van der Waals surface area contributed by atoms with E-state index in [0.29, 0.717) is 23.8 Å². The minimum absolute atomic E-state index is 0.0781. The van der Waals surface area contributed by atoms with Crippen LogP contribution in [0.5, 0.6) is 5.75 Å². The van der Waals surface area contributed by atoms with Crippen molar-refractivity contribution in [3.8, 4) is 5.75 Å². The normalized spacial score (nSPS) is 16.8. The summed E-state index contributed by atoms with van der Waals surface area (Å²) < 4.78 is 7.02. The standard InChI is InChI=1S/C19H24N4O3/c1-5-14-12(2)18(22(3)21-14)20-19(25)13-10-17(24)23(11-13)15-8-6-7-9-16(15)26-4/h6-9,13H,5,10-11H2,1-4H3,(H,20,25). The van der Waals surface area contributed by atoms with Gasteiger partial charge >= 0.3 is 0 Å². The fourth-order valence-corrected chi connectivity index (χ4v) is 3.38. The minimum Gasteiger partial charge on any atom is -0.495 e. The molecule has 7 heteroatoms. The second-order valence-corrected chi connectivity index (χ2v) is 6.46. The van der Waals surface area contributed by atoms with Crippen molar-refractivity contribution in [2.75, 3.05) is 23.9 Å². The highest BCUT2D eigenvalue weighted by Crippen LogP contribution is 2.33. The Morgan fingerprint density at radius 1 is 1.38 bits per heavy atom. The number of benzene rings is 1. The topological polar surface area (TPSA) is 76.5 Å². The Morgan fingerprint density at radius 2 is 2.12 bits per heavy atom. The molecule has 0 radical (unpaired) electrons. The maximum atomic E-state index is 12.7. The van der Waals surface area contributed by atoms with Crippen LogP contribution < -0.4 is 15.0 Å². The van der Waals surface area contributed by atoms with Crippen LogP contribution in [0.1, 0.15) is 24.6 Å². The van der Waals surface area contributed by atoms with Gasteiger partial charge in [-0.25, -0.2) is 0 Å². The van der Waals surface area contributed by atoms with Crippen LogP contribution in [0.15, 0.2) is 24.3 Å². The van der Waals surface area contributed by atoms with E-state index in [-0.39, 0.29) is 18.2 Å². The Hall–Kier alpha value is -2.83. The Morgan fingerprint density at radius 3 is 2.77 bits per heavy atom. The van der Waals surface area contributed by atoms with Crippen LogP contribution in [0.4, 0.5) is 11.5 Å². The van der Waals surface area contributed by atoms with E-state index in [0.717, 1.165) is 17.7 Å². The fourth-order valence-electron chi connectivity index (χ4n) is 3.38. The maximum absolute atomic E-state index is 12.7. The number of para-hydroxylation sites is 2. The lowest BCUT2D eigenvalue weighted by molar-refractivity contribution is -0.122. The van der Waals surface area contributed by atoms with Crippen molar-refractivity contribution in [1.29, 1.82) is 0 Å². The van der Waals surface area contributed by atoms with Crippen LogP contribution in [-0.4, -0.2) is 35.2 Å². The Labute approximate surface area is 152 Å². The van der Waals surface area contributed by atoms with E-state index in [2.05, 4.69) is 10.4 Å². The van der Waals surface area contributed by atoms with Crippen LogP contribution in [0, 0.1) is 12.8 Å². The van der Waals surface area contributed by atoms with Gasteiger partial charge in [0.05, 0.1) is 24.4 Å². The van der Waals surface area contributed by atoms with E-state index in [1.165, 1.54) is 0 Å². The lowest BCUT2D eigenvalue weighted by atomic mass is 10.1. The first-order valence-electron chi connectivity index (χ1n) is 8.73. The number of nitrogens with zero attached hydrogens (tertiary/aromatic N) is 3. The second kappa shape index (κ2) is 7.19. The highest BCUT2D eigenvalue weighted by Gasteiger charge is 2.36. The summed E-state index contributed by atoms with van der Waals surface area (Å²) in [6, 6.07) is 7.34. The van der Waals surface area contributed by atoms with E-state index in [1.807, 2.05) is 39.1 Å². The van der Waals surface area contributed by atoms with Gasteiger partial charge in [0, 0.05) is 25.6 Å². The number of aryl methyl sites for hydroxylation is 2. The van der Waals surface area contributed by atoms with Gasteiger partial charge in [0.15, 0.2) is 0 Å². The van der Waals surface area contributed by atoms with Gasteiger partial charge in [0.25, 0.3) is 0 Å². The summed E-state index contributed by atoms with van der Waals surface area (Å²) >= 11 is 0. The largest absolute Gasteiger partial charge is 0.495 e. The van der Waals surface area contributed by atoms with Crippen LogP contribution in [0.2, 0.25) is 0 Å². The van der Waals surface area contributed by atoms with Gasteiger partial charge in [0.2, 0.25) is 11.8 Å². The summed E-state index contributed by atoms with van der Waals surface area (Å²) in [5.41, 5.74) is 2.62. The third-order valence-electron chi connectivity index (χ3n) is 4.83. The molecule has 1 aliphatic rings. The number of hydrogen-bond acceptors (Lipinski definition) is 4. The predicted octanol–water partition coefficient (Wildman–Crippen LogP) is 2.29. The van der Waals surface area contributed by atoms with Crippen molar-refractivity contribution < 1.29 is 14.3 Å². The molecule has 1 atom stereocenters. The number of carbonyl (C=O) groups excluding carboxylic acids is 2. The first-order valence-corrected chi connectivity index (χ1v) is 8.73. The SMILES string of the molecule is CCc1nn(C)c(NC(=O)C2CC(=O)N(c3ccccc3OC)C2)c1C. The monoisotopic (exact) mass is 356 g/mol. The van der Waals surface area contributed by atoms with Gasteiger partial charge in [-0.3, -0.25) is 14.3 Å². The number of methoxy groups -OCH3 is 1. The third-order valence-corrected chi connectivity index (χ3v) is 4.83. The summed E-state index contributed by atoms with van der Waals surface area (Å²) in [5, 5.41) is 7.36. The van der Waals surface area contributed by atoms with Gasteiger partial charge in [-0.1, -0.05) is 19.1 Å². The molecule has 26 heavy (non-hydrogen) atoms. The molecular formula is C19H24N4O3. The van der Waals surface area contributed by atoms with Crippen molar-refractivity contribution in [3.05, 3.63) is 35.5 Å². The van der Waals surface area contributed by atoms with Crippen LogP contribution in [0.25, 0.3) is 0 Å². The summed E-state index contributed by atoms with van der Waals surface area (Å²) in [6.07, 6.45) is 0.987. The van der Waals surface area contributed by atoms with Crippen LogP contribution in [-0.2, 0) is 23.1 Å². The van der Waals surface area contributed by atoms with Gasteiger partial charge < -0.3 is 15.0 Å². The number of rotatable bonds is 5. The molecule has 2 amide bonds. The van der Waals surface area contributed by atoms with E-state index in [9.17, 15) is 9.59 Å². The number of amides is 2. The summed E-state index contributed by atoms with van der Waals surface area (Å²) in [6.45, 7) is 4.31. The molecule has 1 saturated heterocycles. The molecule has 0 saturated carbocycles. The highest BCUT2D eigenvalue weighted by molar-refractivity contribution is 6.04. The van der Waals surface area contributed by atoms with Crippen molar-refractivity contribution in [3.63, 3.8) is 0 Å². The predicted molar refractivity (Wildman–Crippen MR) is 99.4 cm³/mol. The quantitative estimate of drug-likeness (QED) is 0.892. The number of nitrogens with one attached hydrogen (secondary N) is 1. The first-order chi connectivity index (χ1) is 12.5. The van der Waals surface area contributed by atoms with Crippen molar-refractivity contribution in [2.24, 2.45) is 13.0 Å². The Bertz CT molecular complexity index is 843. The van der Waals surface area contributed by atoms with E-state index in [4.69, 9.17) is 4.74 Å². The highest BCUT2D eigenvalue weighted by atomic mass is 16.5. The van der Waals surface area contributed by atoms with Crippen LogP contribution >= 0.6 is 0 Å². The molecule has 1 aliphatic heterocycles. The number of anilines is 2. The molecule has 1 aromatic carbocycles. The lowest BCUT2D eigenvalue weighted by Crippen LogP contribution is -2.29. The number of ether oxygens (including phenoxy) is 1. The van der Waals surface area contributed by atoms with Crippen molar-refractivity contribution in [1.82, 2.24) is 9.78 Å². The average molecular weight is 356 g/mol. The molecule has 0 bridgehead atoms. The van der Waals surface area contributed by atoms with Gasteiger partial charge in [-0.2, -0.15) is 5.10 Å². The molecule has 7 nitrogen and oxygen atoms in total. The smallest absolute Gasteiger partial charge is 0.230 e. The van der Waals surface area contributed by atoms with E-state index < -0.39 is 5.92 Å². The van der Waals surface area contributed by atoms with Gasteiger partial charge in [-0.15, -0.1) is 0 Å². The molecule has 1 aromatic heterocycles. The molecule has 0 spiro atoms. The lowest BCUT2D eigenvalue weighted by Gasteiger charge is -2.19. The molecule has 3 rings (SSSR count). The zero-order chi connectivity index (χ0) is 18.8. The molecule has 1 fully saturated rings. The summed E-state index contributed by atoms with van der Waals surface area (Å²) in [7, 11) is 3.38. The first kappa shape index (κ1) is 18.0. The number of carbonyl (C=O) groups is 2. The Balaban J connectivity index is 1.76. The second-order valence-electron chi connectivity index (χ2n) is 6.46. The van der Waals surface area contributed by atoms with E-state index in [1.54, 1.807) is 22.8 Å². The average Bonchev–Trinajstić information content (AvgIpc) is 3.16.